The molecule has 0 amide bonds. The number of aromatic nitrogens is 1. The first kappa shape index (κ1) is 38.4. The van der Waals surface area contributed by atoms with E-state index >= 15 is 0 Å². The Hall–Kier alpha value is -1.41. The van der Waals surface area contributed by atoms with Crippen molar-refractivity contribution in [2.75, 3.05) is 7.11 Å². The summed E-state index contributed by atoms with van der Waals surface area (Å²) in [6.07, 6.45) is 17.5. The molecule has 254 valence electrons. The van der Waals surface area contributed by atoms with Gasteiger partial charge in [0.05, 0.1) is 0 Å². The van der Waals surface area contributed by atoms with E-state index in [1.54, 1.807) is 20.4 Å². The van der Waals surface area contributed by atoms with Crippen molar-refractivity contribution >= 4 is 65.2 Å². The third kappa shape index (κ3) is 10.5. The Morgan fingerprint density at radius 1 is 0.915 bits per heavy atom. The van der Waals surface area contributed by atoms with Gasteiger partial charge in [-0.1, -0.05) is 0 Å². The minimum absolute atomic E-state index is 0.263. The quantitative estimate of drug-likeness (QED) is 0.135. The monoisotopic (exact) mass is 853 g/mol. The third-order valence-electron chi connectivity index (χ3n) is 9.58. The Balaban J connectivity index is 0.000000328. The standard InChI is InChI=1S/C29H32NO3.3C4H9.2Sn/c1-29(2,3)33-28(31)21-12-14-24-25(18-21)30-16-8-11-20-17-22(32-4)13-15-23(20)27(30)26(24)19-9-6-5-7-10-19;3*1-3-4-2;;/h11-15,17-19H,5-7,9-10,16H2,1-4H3;3*1,3-4H2,2H3;;. The van der Waals surface area contributed by atoms with Crippen molar-refractivity contribution in [3.8, 4) is 17.0 Å². The number of unbranched alkanes of at least 4 members (excludes halogenated alkanes) is 3. The molecule has 0 N–H and O–H groups in total. The number of ether oxygens (including phenoxy) is 2. The molecular weight excluding hydrogens is 792 g/mol. The molecule has 5 rings (SSSR count). The van der Waals surface area contributed by atoms with Crippen LogP contribution in [0.25, 0.3) is 28.2 Å². The third-order valence-corrected chi connectivity index (χ3v) is 19.5. The zero-order chi connectivity index (χ0) is 34.0. The van der Waals surface area contributed by atoms with Crippen molar-refractivity contribution in [1.29, 1.82) is 0 Å². The van der Waals surface area contributed by atoms with Gasteiger partial charge in [-0.05, 0) is 0 Å². The van der Waals surface area contributed by atoms with Gasteiger partial charge in [0.2, 0.25) is 0 Å². The second-order valence-electron chi connectivity index (χ2n) is 14.6. The van der Waals surface area contributed by atoms with Crippen LogP contribution in [0.5, 0.6) is 5.75 Å². The van der Waals surface area contributed by atoms with Crippen LogP contribution < -0.4 is 4.74 Å². The molecule has 1 aromatic heterocycles. The van der Waals surface area contributed by atoms with Gasteiger partial charge in [0, 0.05) is 0 Å². The summed E-state index contributed by atoms with van der Waals surface area (Å²) in [5.74, 6) is 1.16. The topological polar surface area (TPSA) is 40.5 Å². The van der Waals surface area contributed by atoms with Crippen molar-refractivity contribution in [2.45, 2.75) is 144 Å². The fraction of sp³-hybridized carbons (Fsp3) is 0.585. The molecule has 4 nitrogen and oxygen atoms in total. The first-order chi connectivity index (χ1) is 22.6. The van der Waals surface area contributed by atoms with Crippen molar-refractivity contribution in [3.05, 3.63) is 56.7 Å². The summed E-state index contributed by atoms with van der Waals surface area (Å²) in [4.78, 5) is 12.9. The molecule has 2 aliphatic rings. The van der Waals surface area contributed by atoms with Crippen LogP contribution in [0.2, 0.25) is 13.3 Å². The van der Waals surface area contributed by atoms with Gasteiger partial charge in [-0.3, -0.25) is 0 Å². The van der Waals surface area contributed by atoms with E-state index in [0.717, 1.165) is 17.8 Å². The van der Waals surface area contributed by atoms with Crippen LogP contribution in [0.1, 0.15) is 140 Å². The molecular formula is C41H59NO3Sn2. The van der Waals surface area contributed by atoms with Gasteiger partial charge in [0.15, 0.2) is 0 Å². The molecule has 0 bridgehead atoms. The molecule has 1 fully saturated rings. The normalized spacial score (nSPS) is 15.0. The number of esters is 1. The average molecular weight is 851 g/mol. The van der Waals surface area contributed by atoms with Gasteiger partial charge in [0.25, 0.3) is 0 Å². The summed E-state index contributed by atoms with van der Waals surface area (Å²) in [6, 6.07) is 12.6. The van der Waals surface area contributed by atoms with Crippen LogP contribution in [0.4, 0.5) is 0 Å². The summed E-state index contributed by atoms with van der Waals surface area (Å²) in [7, 11) is 1.73. The number of hydrogen-bond donors (Lipinski definition) is 0. The van der Waals surface area contributed by atoms with Crippen molar-refractivity contribution < 1.29 is 14.3 Å². The SMILES string of the molecule is CCC[CH2][Sn]([CH2]CCC)[CH2]CCC.COc1ccc2c(c1)C=[C]([Sn])Cn1c-2c(C2CCCCC2)c2ccc(C(=O)OC(C)(C)C)cc21. The number of carbonyl (C=O) groups excluding carboxylic acids is 1. The van der Waals surface area contributed by atoms with Gasteiger partial charge < -0.3 is 0 Å². The fourth-order valence-electron chi connectivity index (χ4n) is 7.16. The summed E-state index contributed by atoms with van der Waals surface area (Å²) in [5.41, 5.74) is 6.48. The Kier molecular flexibility index (Phi) is 15.1. The van der Waals surface area contributed by atoms with Crippen LogP contribution in [0.15, 0.2) is 40.0 Å². The van der Waals surface area contributed by atoms with Crippen LogP contribution >= 0.6 is 0 Å². The fourth-order valence-corrected chi connectivity index (χ4v) is 17.5. The number of rotatable bonds is 12. The predicted octanol–water partition coefficient (Wildman–Crippen LogP) is 11.7. The van der Waals surface area contributed by atoms with Crippen molar-refractivity contribution in [2.24, 2.45) is 0 Å². The van der Waals surface area contributed by atoms with Gasteiger partial charge in [-0.15, -0.1) is 0 Å². The minimum atomic E-state index is -0.839. The number of benzene rings is 2. The van der Waals surface area contributed by atoms with Gasteiger partial charge in [0.1, 0.15) is 0 Å². The predicted molar refractivity (Wildman–Crippen MR) is 204 cm³/mol. The molecule has 4 radical (unpaired) electrons. The van der Waals surface area contributed by atoms with Crippen LogP contribution in [0, 0.1) is 0 Å². The van der Waals surface area contributed by atoms with Gasteiger partial charge >= 0.3 is 308 Å². The number of nitrogens with zero attached hydrogens (tertiary/aromatic N) is 1. The summed E-state index contributed by atoms with van der Waals surface area (Å²) < 4.78 is 20.1. The van der Waals surface area contributed by atoms with Crippen molar-refractivity contribution in [1.82, 2.24) is 4.57 Å². The van der Waals surface area contributed by atoms with Crippen LogP contribution in [-0.2, 0) is 11.3 Å². The second-order valence-corrected chi connectivity index (χ2v) is 25.0. The zero-order valence-corrected chi connectivity index (χ0v) is 36.1. The Morgan fingerprint density at radius 3 is 2.13 bits per heavy atom. The summed E-state index contributed by atoms with van der Waals surface area (Å²) in [5, 5.41) is 1.28. The summed E-state index contributed by atoms with van der Waals surface area (Å²) >= 11 is 0.562. The van der Waals surface area contributed by atoms with Gasteiger partial charge in [-0.2, -0.15) is 0 Å². The molecule has 0 unspecified atom stereocenters. The van der Waals surface area contributed by atoms with E-state index in [2.05, 4.69) is 61.7 Å². The first-order valence-corrected chi connectivity index (χ1v) is 25.9. The number of fused-ring (bicyclic) bond motifs is 5. The maximum atomic E-state index is 12.9. The number of hydrogen-bond acceptors (Lipinski definition) is 3. The van der Waals surface area contributed by atoms with Crippen LogP contribution in [0.3, 0.4) is 0 Å². The van der Waals surface area contributed by atoms with E-state index in [1.807, 2.05) is 26.8 Å². The molecule has 1 saturated carbocycles. The molecule has 6 heteroatoms. The van der Waals surface area contributed by atoms with Crippen molar-refractivity contribution in [3.63, 3.8) is 0 Å². The first-order valence-electron chi connectivity index (χ1n) is 18.4. The molecule has 3 aromatic rings. The number of methoxy groups -OCH3 is 1. The average Bonchev–Trinajstić information content (AvgIpc) is 3.28. The molecule has 1 aliphatic heterocycles. The Labute approximate surface area is 306 Å². The Bertz CT molecular complexity index is 1470. The Morgan fingerprint density at radius 2 is 1.55 bits per heavy atom. The van der Waals surface area contributed by atoms with E-state index in [1.165, 1.54) is 125 Å². The van der Waals surface area contributed by atoms with Gasteiger partial charge in [-0.25, -0.2) is 0 Å². The van der Waals surface area contributed by atoms with E-state index < -0.39 is 25.4 Å². The molecule has 0 atom stereocenters. The molecule has 2 heterocycles. The van der Waals surface area contributed by atoms with E-state index in [0.29, 0.717) is 11.5 Å². The zero-order valence-electron chi connectivity index (χ0n) is 30.4. The maximum absolute atomic E-state index is 12.9. The van der Waals surface area contributed by atoms with Crippen LogP contribution in [-0.4, -0.2) is 65.5 Å². The van der Waals surface area contributed by atoms with E-state index in [4.69, 9.17) is 9.47 Å². The molecule has 47 heavy (non-hydrogen) atoms. The molecule has 0 spiro atoms. The van der Waals surface area contributed by atoms with E-state index in [-0.39, 0.29) is 5.97 Å². The summed E-state index contributed by atoms with van der Waals surface area (Å²) in [6.45, 7) is 13.6. The van der Waals surface area contributed by atoms with E-state index in [9.17, 15) is 4.79 Å². The second kappa shape index (κ2) is 18.5. The number of carbonyl (C=O) groups is 1. The number of allylic oxidation sites excluding steroid dienone is 1. The molecule has 0 saturated heterocycles. The molecule has 2 aromatic carbocycles. The molecule has 1 aliphatic carbocycles.